The van der Waals surface area contributed by atoms with Crippen molar-refractivity contribution in [2.45, 2.75) is 11.7 Å². The first-order chi connectivity index (χ1) is 15.2. The van der Waals surface area contributed by atoms with E-state index >= 15 is 0 Å². The summed E-state index contributed by atoms with van der Waals surface area (Å²) < 4.78 is 1.88. The van der Waals surface area contributed by atoms with Crippen LogP contribution in [0.4, 0.5) is 0 Å². The van der Waals surface area contributed by atoms with Crippen LogP contribution in [0.5, 0.6) is 0 Å². The number of hydrogen-bond acceptors (Lipinski definition) is 5. The number of carbonyl (C=O) groups is 2. The molecule has 0 fully saturated rings. The second-order valence-corrected chi connectivity index (χ2v) is 8.06. The second-order valence-electron chi connectivity index (χ2n) is 7.08. The van der Waals surface area contributed by atoms with Crippen LogP contribution in [-0.2, 0) is 6.54 Å². The molecule has 0 radical (unpaired) electrons. The number of imide groups is 1. The summed E-state index contributed by atoms with van der Waals surface area (Å²) in [5, 5.41) is 10.9. The third-order valence-electron chi connectivity index (χ3n) is 5.20. The van der Waals surface area contributed by atoms with E-state index in [1.165, 1.54) is 16.7 Å². The minimum Gasteiger partial charge on any atom is -0.272 e. The second kappa shape index (κ2) is 7.85. The molecule has 0 saturated heterocycles. The highest BCUT2D eigenvalue weighted by atomic mass is 32.2. The fourth-order valence-electron chi connectivity index (χ4n) is 3.83. The van der Waals surface area contributed by atoms with E-state index in [2.05, 4.69) is 16.8 Å². The first-order valence-electron chi connectivity index (χ1n) is 9.80. The lowest BCUT2D eigenvalue weighted by molar-refractivity contribution is 0.0593. The Hall–Kier alpha value is -3.71. The van der Waals surface area contributed by atoms with Gasteiger partial charge in [0.25, 0.3) is 11.8 Å². The molecule has 0 spiro atoms. The van der Waals surface area contributed by atoms with Crippen molar-refractivity contribution in [3.63, 3.8) is 0 Å². The number of amides is 2. The third kappa shape index (κ3) is 3.23. The molecule has 1 aliphatic rings. The third-order valence-corrected chi connectivity index (χ3v) is 6.13. The van der Waals surface area contributed by atoms with Crippen LogP contribution in [0.3, 0.4) is 0 Å². The number of para-hydroxylation sites is 1. The Bertz CT molecular complexity index is 1280. The number of hydrogen-bond donors (Lipinski definition) is 0. The first-order valence-corrected chi connectivity index (χ1v) is 10.8. The fraction of sp³-hybridized carbons (Fsp3) is 0.0833. The predicted octanol–water partition coefficient (Wildman–Crippen LogP) is 4.49. The smallest absolute Gasteiger partial charge is 0.261 e. The van der Waals surface area contributed by atoms with Crippen molar-refractivity contribution >= 4 is 34.3 Å². The molecule has 1 aliphatic heterocycles. The summed E-state index contributed by atoms with van der Waals surface area (Å²) in [6, 6.07) is 20.7. The summed E-state index contributed by atoms with van der Waals surface area (Å²) >= 11 is 1.49. The zero-order valence-corrected chi connectivity index (χ0v) is 17.4. The van der Waals surface area contributed by atoms with Crippen LogP contribution in [-0.4, -0.2) is 37.2 Å². The fourth-order valence-corrected chi connectivity index (χ4v) is 4.54. The lowest BCUT2D eigenvalue weighted by Gasteiger charge is -2.27. The van der Waals surface area contributed by atoms with Crippen LogP contribution in [0.1, 0.15) is 26.5 Å². The summed E-state index contributed by atoms with van der Waals surface area (Å²) in [7, 11) is 0. The van der Waals surface area contributed by atoms with Crippen LogP contribution in [0.2, 0.25) is 0 Å². The molecule has 2 heterocycles. The molecule has 3 aromatic carbocycles. The highest BCUT2D eigenvalue weighted by molar-refractivity contribution is 7.99. The van der Waals surface area contributed by atoms with E-state index in [1.54, 1.807) is 18.2 Å². The molecule has 6 nitrogen and oxygen atoms in total. The van der Waals surface area contributed by atoms with Gasteiger partial charge < -0.3 is 0 Å². The monoisotopic (exact) mass is 426 g/mol. The normalized spacial score (nSPS) is 13.1. The standard InChI is InChI=1S/C24H18N4O2S/c1-2-14-31-24-26-25-20(28(24)17-10-4-3-5-11-17)15-27-22(29)18-12-6-8-16-9-7-13-19(21(16)18)23(27)30/h2-13H,1,14-15H2. The van der Waals surface area contributed by atoms with Gasteiger partial charge in [0.2, 0.25) is 0 Å². The number of carbonyl (C=O) groups excluding carboxylic acids is 2. The molecule has 0 saturated carbocycles. The molecule has 4 aromatic rings. The summed E-state index contributed by atoms with van der Waals surface area (Å²) in [6.45, 7) is 3.79. The highest BCUT2D eigenvalue weighted by Crippen LogP contribution is 2.31. The number of thioether (sulfide) groups is 1. The Kier molecular flexibility index (Phi) is 4.88. The molecule has 0 atom stereocenters. The van der Waals surface area contributed by atoms with Gasteiger partial charge in [0.15, 0.2) is 11.0 Å². The van der Waals surface area contributed by atoms with Gasteiger partial charge >= 0.3 is 0 Å². The Morgan fingerprint density at radius 2 is 1.55 bits per heavy atom. The number of aromatic nitrogens is 3. The largest absolute Gasteiger partial charge is 0.272 e. The topological polar surface area (TPSA) is 68.1 Å². The molecule has 2 amide bonds. The van der Waals surface area contributed by atoms with E-state index in [4.69, 9.17) is 0 Å². The maximum absolute atomic E-state index is 13.3. The van der Waals surface area contributed by atoms with Gasteiger partial charge in [0, 0.05) is 28.0 Å². The Morgan fingerprint density at radius 1 is 0.871 bits per heavy atom. The van der Waals surface area contributed by atoms with Gasteiger partial charge in [-0.3, -0.25) is 19.1 Å². The van der Waals surface area contributed by atoms with Crippen molar-refractivity contribution in [1.29, 1.82) is 0 Å². The molecule has 0 unspecified atom stereocenters. The van der Waals surface area contributed by atoms with E-state index < -0.39 is 0 Å². The lowest BCUT2D eigenvalue weighted by Crippen LogP contribution is -2.40. The van der Waals surface area contributed by atoms with E-state index in [0.717, 1.165) is 11.1 Å². The van der Waals surface area contributed by atoms with Crippen molar-refractivity contribution in [1.82, 2.24) is 19.7 Å². The van der Waals surface area contributed by atoms with Crippen LogP contribution in [0.25, 0.3) is 16.5 Å². The number of benzene rings is 3. The van der Waals surface area contributed by atoms with Gasteiger partial charge in [-0.25, -0.2) is 0 Å². The molecule has 1 aromatic heterocycles. The van der Waals surface area contributed by atoms with Crippen LogP contribution in [0.15, 0.2) is 84.5 Å². The Balaban J connectivity index is 1.58. The predicted molar refractivity (Wildman–Crippen MR) is 120 cm³/mol. The van der Waals surface area contributed by atoms with E-state index in [9.17, 15) is 9.59 Å². The van der Waals surface area contributed by atoms with Crippen LogP contribution in [0, 0.1) is 0 Å². The maximum atomic E-state index is 13.3. The number of rotatable bonds is 6. The van der Waals surface area contributed by atoms with Crippen molar-refractivity contribution in [3.05, 3.63) is 96.3 Å². The number of nitrogens with zero attached hydrogens (tertiary/aromatic N) is 4. The van der Waals surface area contributed by atoms with Crippen LogP contribution >= 0.6 is 11.8 Å². The van der Waals surface area contributed by atoms with Crippen molar-refractivity contribution < 1.29 is 9.59 Å². The van der Waals surface area contributed by atoms with Gasteiger partial charge in [-0.2, -0.15) is 0 Å². The van der Waals surface area contributed by atoms with Gasteiger partial charge in [0.1, 0.15) is 0 Å². The molecular formula is C24H18N4O2S. The van der Waals surface area contributed by atoms with Gasteiger partial charge in [-0.05, 0) is 29.7 Å². The molecule has 5 rings (SSSR count). The Morgan fingerprint density at radius 3 is 2.19 bits per heavy atom. The minimum atomic E-state index is -0.322. The highest BCUT2D eigenvalue weighted by Gasteiger charge is 2.34. The van der Waals surface area contributed by atoms with Crippen molar-refractivity contribution in [2.24, 2.45) is 0 Å². The summed E-state index contributed by atoms with van der Waals surface area (Å²) in [6.07, 6.45) is 1.80. The Labute approximate surface area is 183 Å². The SMILES string of the molecule is C=CCSc1nnc(CN2C(=O)c3cccc4cccc(c34)C2=O)n1-c1ccccc1. The molecule has 31 heavy (non-hydrogen) atoms. The zero-order chi connectivity index (χ0) is 21.4. The minimum absolute atomic E-state index is 0.0267. The average molecular weight is 427 g/mol. The summed E-state index contributed by atoms with van der Waals surface area (Å²) in [4.78, 5) is 27.8. The summed E-state index contributed by atoms with van der Waals surface area (Å²) in [5.74, 6) is 0.544. The average Bonchev–Trinajstić information content (AvgIpc) is 3.21. The van der Waals surface area contributed by atoms with E-state index in [0.29, 0.717) is 33.2 Å². The molecule has 152 valence electrons. The molecule has 7 heteroatoms. The van der Waals surface area contributed by atoms with Gasteiger partial charge in [-0.15, -0.1) is 16.8 Å². The lowest BCUT2D eigenvalue weighted by atomic mass is 9.94. The van der Waals surface area contributed by atoms with Crippen LogP contribution < -0.4 is 0 Å². The molecular weight excluding hydrogens is 408 g/mol. The maximum Gasteiger partial charge on any atom is 0.261 e. The molecule has 0 aliphatic carbocycles. The summed E-state index contributed by atoms with van der Waals surface area (Å²) in [5.41, 5.74) is 1.92. The first kappa shape index (κ1) is 19.3. The van der Waals surface area contributed by atoms with Gasteiger partial charge in [-0.1, -0.05) is 60.3 Å². The molecule has 0 N–H and O–H groups in total. The molecule has 0 bridgehead atoms. The van der Waals surface area contributed by atoms with Gasteiger partial charge in [0.05, 0.1) is 6.54 Å². The zero-order valence-electron chi connectivity index (χ0n) is 16.6. The quantitative estimate of drug-likeness (QED) is 0.258. The van der Waals surface area contributed by atoms with Crippen molar-refractivity contribution in [3.8, 4) is 5.69 Å². The van der Waals surface area contributed by atoms with E-state index in [-0.39, 0.29) is 18.4 Å². The van der Waals surface area contributed by atoms with Crippen molar-refractivity contribution in [2.75, 3.05) is 5.75 Å². The van der Waals surface area contributed by atoms with E-state index in [1.807, 2.05) is 59.2 Å².